The summed E-state index contributed by atoms with van der Waals surface area (Å²) < 4.78 is 1.25. The number of carbonyl (C=O) groups excluding carboxylic acids is 1. The number of thiophene rings is 1. The van der Waals surface area contributed by atoms with Crippen LogP contribution in [0.1, 0.15) is 21.5 Å². The summed E-state index contributed by atoms with van der Waals surface area (Å²) in [4.78, 5) is 10.8. The predicted octanol–water partition coefficient (Wildman–Crippen LogP) is 3.92. The van der Waals surface area contributed by atoms with E-state index in [1.165, 1.54) is 15.6 Å². The Balaban J connectivity index is 2.83. The maximum absolute atomic E-state index is 10.8. The van der Waals surface area contributed by atoms with E-state index < -0.39 is 0 Å². The van der Waals surface area contributed by atoms with Gasteiger partial charge in [0.15, 0.2) is 0 Å². The highest BCUT2D eigenvalue weighted by Gasteiger charge is 2.08. The van der Waals surface area contributed by atoms with Crippen LogP contribution < -0.4 is 0 Å². The Labute approximate surface area is 94.9 Å². The zero-order valence-electron chi connectivity index (χ0n) is 7.71. The van der Waals surface area contributed by atoms with Gasteiger partial charge in [-0.1, -0.05) is 15.9 Å². The van der Waals surface area contributed by atoms with Gasteiger partial charge in [-0.3, -0.25) is 4.79 Å². The van der Waals surface area contributed by atoms with Gasteiger partial charge >= 0.3 is 0 Å². The lowest BCUT2D eigenvalue weighted by Crippen LogP contribution is -1.87. The van der Waals surface area contributed by atoms with E-state index in [0.29, 0.717) is 0 Å². The Morgan fingerprint density at radius 1 is 1.50 bits per heavy atom. The highest BCUT2D eigenvalue weighted by molar-refractivity contribution is 9.08. The lowest BCUT2D eigenvalue weighted by molar-refractivity contribution is 0.112. The molecule has 0 aliphatic heterocycles. The van der Waals surface area contributed by atoms with Gasteiger partial charge < -0.3 is 0 Å². The smallest absolute Gasteiger partial charge is 0.150 e. The second-order valence-electron chi connectivity index (χ2n) is 3.17. The van der Waals surface area contributed by atoms with E-state index in [0.717, 1.165) is 22.7 Å². The first-order valence-corrected chi connectivity index (χ1v) is 6.29. The molecule has 0 atom stereocenters. The molecule has 14 heavy (non-hydrogen) atoms. The molecule has 1 nitrogen and oxygen atoms in total. The molecule has 1 aromatic heterocycles. The molecule has 0 N–H and O–H groups in total. The fraction of sp³-hybridized carbons (Fsp3) is 0.182. The van der Waals surface area contributed by atoms with Gasteiger partial charge in [-0.05, 0) is 35.6 Å². The van der Waals surface area contributed by atoms with E-state index in [4.69, 9.17) is 0 Å². The summed E-state index contributed by atoms with van der Waals surface area (Å²) in [5, 5.41) is 4.22. The molecule has 0 saturated carbocycles. The number of carbonyl (C=O) groups is 1. The molecule has 0 bridgehead atoms. The molecule has 2 aromatic rings. The van der Waals surface area contributed by atoms with E-state index in [1.807, 2.05) is 19.1 Å². The van der Waals surface area contributed by atoms with Crippen LogP contribution in [0.5, 0.6) is 0 Å². The Morgan fingerprint density at radius 3 is 2.93 bits per heavy atom. The molecule has 72 valence electrons. The largest absolute Gasteiger partial charge is 0.298 e. The molecule has 0 aliphatic carbocycles. The van der Waals surface area contributed by atoms with Crippen molar-refractivity contribution in [1.29, 1.82) is 0 Å². The van der Waals surface area contributed by atoms with Crippen LogP contribution in [0.3, 0.4) is 0 Å². The molecule has 2 rings (SSSR count). The lowest BCUT2D eigenvalue weighted by atomic mass is 10.0. The number of rotatable bonds is 2. The third kappa shape index (κ3) is 1.41. The maximum Gasteiger partial charge on any atom is 0.150 e. The van der Waals surface area contributed by atoms with Crippen LogP contribution in [-0.4, -0.2) is 6.29 Å². The summed E-state index contributed by atoms with van der Waals surface area (Å²) in [7, 11) is 0. The molecule has 0 saturated heterocycles. The van der Waals surface area contributed by atoms with Gasteiger partial charge in [0.1, 0.15) is 6.29 Å². The van der Waals surface area contributed by atoms with Crippen molar-refractivity contribution in [3.63, 3.8) is 0 Å². The summed E-state index contributed by atoms with van der Waals surface area (Å²) in [6.45, 7) is 2.00. The van der Waals surface area contributed by atoms with Crippen molar-refractivity contribution in [2.45, 2.75) is 12.3 Å². The number of alkyl halides is 1. The summed E-state index contributed by atoms with van der Waals surface area (Å²) in [6, 6.07) is 3.90. The second-order valence-corrected chi connectivity index (χ2v) is 4.64. The van der Waals surface area contributed by atoms with E-state index in [2.05, 4.69) is 21.3 Å². The SMILES string of the molecule is Cc1c(C=O)ccc2scc(CBr)c12. The number of fused-ring (bicyclic) bond motifs is 1. The van der Waals surface area contributed by atoms with Gasteiger partial charge in [-0.25, -0.2) is 0 Å². The minimum atomic E-state index is 0.790. The zero-order valence-corrected chi connectivity index (χ0v) is 10.1. The number of aryl methyl sites for hydroxylation is 1. The number of hydrogen-bond acceptors (Lipinski definition) is 2. The number of benzene rings is 1. The third-order valence-electron chi connectivity index (χ3n) is 2.39. The topological polar surface area (TPSA) is 17.1 Å². The van der Waals surface area contributed by atoms with Gasteiger partial charge in [0.05, 0.1) is 0 Å². The Kier molecular flexibility index (Phi) is 2.70. The van der Waals surface area contributed by atoms with E-state index in [1.54, 1.807) is 11.3 Å². The van der Waals surface area contributed by atoms with Crippen molar-refractivity contribution in [3.8, 4) is 0 Å². The minimum absolute atomic E-state index is 0.790. The highest BCUT2D eigenvalue weighted by atomic mass is 79.9. The standard InChI is InChI=1S/C11H9BrOS/c1-7-8(5-13)2-3-10-11(7)9(4-12)6-14-10/h2-3,5-6H,4H2,1H3. The Bertz CT molecular complexity index is 487. The molecule has 0 fully saturated rings. The molecule has 0 amide bonds. The average molecular weight is 269 g/mol. The molecular weight excluding hydrogens is 260 g/mol. The molecule has 0 spiro atoms. The van der Waals surface area contributed by atoms with Crippen LogP contribution >= 0.6 is 27.3 Å². The van der Waals surface area contributed by atoms with Crippen LogP contribution in [0, 0.1) is 6.92 Å². The summed E-state index contributed by atoms with van der Waals surface area (Å²) in [6.07, 6.45) is 0.921. The van der Waals surface area contributed by atoms with Crippen molar-refractivity contribution < 1.29 is 4.79 Å². The first kappa shape index (κ1) is 9.87. The molecule has 1 aromatic carbocycles. The molecule has 0 unspecified atom stereocenters. The second kappa shape index (κ2) is 3.83. The van der Waals surface area contributed by atoms with Crippen molar-refractivity contribution in [2.75, 3.05) is 0 Å². The molecule has 3 heteroatoms. The fourth-order valence-corrected chi connectivity index (χ4v) is 3.30. The molecule has 1 heterocycles. The number of aldehydes is 1. The van der Waals surface area contributed by atoms with Crippen molar-refractivity contribution in [2.24, 2.45) is 0 Å². The van der Waals surface area contributed by atoms with Crippen molar-refractivity contribution in [3.05, 3.63) is 34.2 Å². The van der Waals surface area contributed by atoms with Crippen LogP contribution in [0.25, 0.3) is 10.1 Å². The van der Waals surface area contributed by atoms with E-state index >= 15 is 0 Å². The van der Waals surface area contributed by atoms with Gasteiger partial charge in [0.2, 0.25) is 0 Å². The maximum atomic E-state index is 10.8. The first-order chi connectivity index (χ1) is 6.77. The van der Waals surface area contributed by atoms with Gasteiger partial charge in [0, 0.05) is 21.0 Å². The molecule has 0 radical (unpaired) electrons. The first-order valence-electron chi connectivity index (χ1n) is 4.28. The van der Waals surface area contributed by atoms with Crippen molar-refractivity contribution >= 4 is 43.6 Å². The third-order valence-corrected chi connectivity index (χ3v) is 3.99. The van der Waals surface area contributed by atoms with Gasteiger partial charge in [-0.2, -0.15) is 0 Å². The zero-order chi connectivity index (χ0) is 10.1. The van der Waals surface area contributed by atoms with E-state index in [9.17, 15) is 4.79 Å². The average Bonchev–Trinajstić information content (AvgIpc) is 2.62. The lowest BCUT2D eigenvalue weighted by Gasteiger charge is -2.02. The Hall–Kier alpha value is -0.670. The van der Waals surface area contributed by atoms with Gasteiger partial charge in [-0.15, -0.1) is 11.3 Å². The summed E-state index contributed by atoms with van der Waals surface area (Å²) in [5.74, 6) is 0. The van der Waals surface area contributed by atoms with Crippen LogP contribution in [0.2, 0.25) is 0 Å². The summed E-state index contributed by atoms with van der Waals surface area (Å²) >= 11 is 5.18. The van der Waals surface area contributed by atoms with Gasteiger partial charge in [0.25, 0.3) is 0 Å². The molecular formula is C11H9BrOS. The quantitative estimate of drug-likeness (QED) is 0.596. The number of hydrogen-bond donors (Lipinski definition) is 0. The Morgan fingerprint density at radius 2 is 2.29 bits per heavy atom. The summed E-state index contributed by atoms with van der Waals surface area (Å²) in [5.41, 5.74) is 3.15. The van der Waals surface area contributed by atoms with Crippen molar-refractivity contribution in [1.82, 2.24) is 0 Å². The number of halogens is 1. The minimum Gasteiger partial charge on any atom is -0.298 e. The molecule has 0 aliphatic rings. The predicted molar refractivity (Wildman–Crippen MR) is 64.6 cm³/mol. The van der Waals surface area contributed by atoms with Crippen LogP contribution in [-0.2, 0) is 5.33 Å². The van der Waals surface area contributed by atoms with Crippen LogP contribution in [0.4, 0.5) is 0 Å². The van der Waals surface area contributed by atoms with E-state index in [-0.39, 0.29) is 0 Å². The normalized spacial score (nSPS) is 10.7. The van der Waals surface area contributed by atoms with Crippen LogP contribution in [0.15, 0.2) is 17.5 Å². The monoisotopic (exact) mass is 268 g/mol. The highest BCUT2D eigenvalue weighted by Crippen LogP contribution is 2.31. The fourth-order valence-electron chi connectivity index (χ4n) is 1.62.